The number of hydrogen-bond acceptors (Lipinski definition) is 4. The molecule has 2 aliphatic carbocycles. The minimum atomic E-state index is -0.858. The van der Waals surface area contributed by atoms with Gasteiger partial charge < -0.3 is 20.1 Å². The summed E-state index contributed by atoms with van der Waals surface area (Å²) in [6.07, 6.45) is 4.08. The molecule has 7 nitrogen and oxygen atoms in total. The number of alkyl carbamates (subject to hydrolysis) is 1. The highest BCUT2D eigenvalue weighted by Crippen LogP contribution is 2.44. The number of hydrogen-bond donors (Lipinski definition) is 2. The van der Waals surface area contributed by atoms with E-state index in [2.05, 4.69) is 29.6 Å². The van der Waals surface area contributed by atoms with Gasteiger partial charge in [-0.05, 0) is 60.3 Å². The predicted molar refractivity (Wildman–Crippen MR) is 131 cm³/mol. The van der Waals surface area contributed by atoms with Gasteiger partial charge in [-0.25, -0.2) is 4.79 Å². The highest BCUT2D eigenvalue weighted by Gasteiger charge is 2.34. The number of fused-ring (bicyclic) bond motifs is 3. The fourth-order valence-corrected chi connectivity index (χ4v) is 6.14. The summed E-state index contributed by atoms with van der Waals surface area (Å²) < 4.78 is 5.67. The van der Waals surface area contributed by atoms with Crippen molar-refractivity contribution in [1.82, 2.24) is 10.2 Å². The van der Waals surface area contributed by atoms with Gasteiger partial charge in [-0.2, -0.15) is 0 Å². The number of nitrogens with zero attached hydrogens (tertiary/aromatic N) is 1. The number of ether oxygens (including phenoxy) is 1. The van der Waals surface area contributed by atoms with Crippen LogP contribution >= 0.6 is 0 Å². The summed E-state index contributed by atoms with van der Waals surface area (Å²) in [5.41, 5.74) is 4.76. The Bertz CT molecular complexity index is 1070. The fourth-order valence-electron chi connectivity index (χ4n) is 6.14. The minimum Gasteiger partial charge on any atom is -0.481 e. The summed E-state index contributed by atoms with van der Waals surface area (Å²) >= 11 is 0. The summed E-state index contributed by atoms with van der Waals surface area (Å²) in [5, 5.41) is 12.1. The SMILES string of the molecule is O=C(O)C[C@H]1CCCN1C(=O)C[C@H]1CC[C@@H](NC(=O)OCC2c3ccccc3-c3ccccc32)C1. The van der Waals surface area contributed by atoms with E-state index in [9.17, 15) is 14.4 Å². The van der Waals surface area contributed by atoms with Crippen molar-refractivity contribution in [2.75, 3.05) is 13.2 Å². The molecule has 0 aromatic heterocycles. The lowest BCUT2D eigenvalue weighted by Crippen LogP contribution is -2.38. The summed E-state index contributed by atoms with van der Waals surface area (Å²) in [7, 11) is 0. The maximum Gasteiger partial charge on any atom is 0.407 e. The summed E-state index contributed by atoms with van der Waals surface area (Å²) in [6.45, 7) is 0.930. The zero-order chi connectivity index (χ0) is 24.4. The number of carboxylic acid groups (broad SMARTS) is 1. The van der Waals surface area contributed by atoms with Crippen LogP contribution in [0.4, 0.5) is 4.79 Å². The second kappa shape index (κ2) is 10.1. The van der Waals surface area contributed by atoms with Gasteiger partial charge in [-0.15, -0.1) is 0 Å². The van der Waals surface area contributed by atoms with E-state index >= 15 is 0 Å². The molecule has 7 heteroatoms. The zero-order valence-corrected chi connectivity index (χ0v) is 19.8. The normalized spacial score (nSPS) is 23.1. The molecule has 3 atom stereocenters. The topological polar surface area (TPSA) is 95.9 Å². The number of rotatable bonds is 7. The van der Waals surface area contributed by atoms with Crippen LogP contribution in [0, 0.1) is 5.92 Å². The van der Waals surface area contributed by atoms with Crippen molar-refractivity contribution in [3.63, 3.8) is 0 Å². The maximum atomic E-state index is 12.8. The van der Waals surface area contributed by atoms with Crippen LogP contribution in [0.1, 0.15) is 62.0 Å². The van der Waals surface area contributed by atoms with Crippen molar-refractivity contribution in [1.29, 1.82) is 0 Å². The van der Waals surface area contributed by atoms with Gasteiger partial charge in [0.25, 0.3) is 0 Å². The van der Waals surface area contributed by atoms with E-state index in [1.165, 1.54) is 22.3 Å². The van der Waals surface area contributed by atoms with Gasteiger partial charge in [0.1, 0.15) is 6.61 Å². The third kappa shape index (κ3) is 5.04. The number of carbonyl (C=O) groups excluding carboxylic acids is 2. The Balaban J connectivity index is 1.11. The molecule has 2 aromatic carbocycles. The maximum absolute atomic E-state index is 12.8. The number of amides is 2. The molecule has 184 valence electrons. The third-order valence-corrected chi connectivity index (χ3v) is 7.78. The quantitative estimate of drug-likeness (QED) is 0.611. The molecule has 5 rings (SSSR count). The van der Waals surface area contributed by atoms with Crippen LogP contribution in [0.3, 0.4) is 0 Å². The fraction of sp³-hybridized carbons (Fsp3) is 0.464. The lowest BCUT2D eigenvalue weighted by molar-refractivity contribution is -0.140. The van der Waals surface area contributed by atoms with Crippen molar-refractivity contribution in [2.45, 2.75) is 62.9 Å². The molecule has 0 spiro atoms. The molecule has 1 heterocycles. The van der Waals surface area contributed by atoms with Crippen LogP contribution in [-0.2, 0) is 14.3 Å². The van der Waals surface area contributed by atoms with Crippen LogP contribution in [-0.4, -0.2) is 53.2 Å². The van der Waals surface area contributed by atoms with Gasteiger partial charge in [0.2, 0.25) is 5.91 Å². The Hall–Kier alpha value is -3.35. The van der Waals surface area contributed by atoms with Gasteiger partial charge in [0.15, 0.2) is 0 Å². The first kappa shape index (κ1) is 23.4. The van der Waals surface area contributed by atoms with Gasteiger partial charge in [-0.1, -0.05) is 48.5 Å². The standard InChI is InChI=1S/C28H32N2O5/c31-26(30-13-5-6-20(30)16-27(32)33)15-18-11-12-19(14-18)29-28(34)35-17-25-23-9-3-1-7-21(23)22-8-2-4-10-24(22)25/h1-4,7-10,18-20,25H,5-6,11-17H2,(H,29,34)(H,32,33)/t18-,19+,20+/m0/s1. The van der Waals surface area contributed by atoms with E-state index in [0.29, 0.717) is 13.0 Å². The molecule has 1 saturated heterocycles. The molecule has 3 aliphatic rings. The minimum absolute atomic E-state index is 0.00292. The van der Waals surface area contributed by atoms with Crippen molar-refractivity contribution in [2.24, 2.45) is 5.92 Å². The van der Waals surface area contributed by atoms with Crippen LogP contribution in [0.15, 0.2) is 48.5 Å². The van der Waals surface area contributed by atoms with E-state index < -0.39 is 12.1 Å². The molecule has 35 heavy (non-hydrogen) atoms. The molecule has 2 N–H and O–H groups in total. The van der Waals surface area contributed by atoms with Gasteiger partial charge in [0, 0.05) is 31.0 Å². The number of benzene rings is 2. The molecule has 2 aromatic rings. The Kier molecular flexibility index (Phi) is 6.75. The van der Waals surface area contributed by atoms with Crippen LogP contribution in [0.2, 0.25) is 0 Å². The lowest BCUT2D eigenvalue weighted by atomic mass is 9.98. The molecule has 0 bridgehead atoms. The first-order chi connectivity index (χ1) is 17.0. The van der Waals surface area contributed by atoms with E-state index in [1.807, 2.05) is 24.3 Å². The molecule has 1 saturated carbocycles. The van der Waals surface area contributed by atoms with E-state index in [1.54, 1.807) is 4.90 Å². The van der Waals surface area contributed by atoms with Crippen molar-refractivity contribution in [3.05, 3.63) is 59.7 Å². The smallest absolute Gasteiger partial charge is 0.407 e. The lowest BCUT2D eigenvalue weighted by Gasteiger charge is -2.25. The predicted octanol–water partition coefficient (Wildman–Crippen LogP) is 4.55. The Labute approximate surface area is 205 Å². The van der Waals surface area contributed by atoms with Crippen LogP contribution < -0.4 is 5.32 Å². The van der Waals surface area contributed by atoms with Crippen molar-refractivity contribution < 1.29 is 24.2 Å². The van der Waals surface area contributed by atoms with Gasteiger partial charge in [0.05, 0.1) is 6.42 Å². The van der Waals surface area contributed by atoms with E-state index in [4.69, 9.17) is 9.84 Å². The number of carbonyl (C=O) groups is 3. The number of likely N-dealkylation sites (tertiary alicyclic amines) is 1. The van der Waals surface area contributed by atoms with E-state index in [-0.39, 0.29) is 42.9 Å². The molecule has 0 unspecified atom stereocenters. The van der Waals surface area contributed by atoms with Crippen LogP contribution in [0.25, 0.3) is 11.1 Å². The average molecular weight is 477 g/mol. The monoisotopic (exact) mass is 476 g/mol. The second-order valence-corrected chi connectivity index (χ2v) is 10.0. The summed E-state index contributed by atoms with van der Waals surface area (Å²) in [4.78, 5) is 38.2. The molecular formula is C28H32N2O5. The molecule has 0 radical (unpaired) electrons. The highest BCUT2D eigenvalue weighted by atomic mass is 16.5. The molecule has 2 amide bonds. The van der Waals surface area contributed by atoms with Crippen LogP contribution in [0.5, 0.6) is 0 Å². The first-order valence-electron chi connectivity index (χ1n) is 12.6. The highest BCUT2D eigenvalue weighted by molar-refractivity contribution is 5.79. The largest absolute Gasteiger partial charge is 0.481 e. The first-order valence-corrected chi connectivity index (χ1v) is 12.6. The second-order valence-electron chi connectivity index (χ2n) is 10.0. The Morgan fingerprint density at radius 2 is 1.63 bits per heavy atom. The third-order valence-electron chi connectivity index (χ3n) is 7.78. The Morgan fingerprint density at radius 3 is 2.31 bits per heavy atom. The number of carboxylic acids is 1. The molecule has 1 aliphatic heterocycles. The van der Waals surface area contributed by atoms with Gasteiger partial charge in [-0.3, -0.25) is 9.59 Å². The Morgan fingerprint density at radius 1 is 0.943 bits per heavy atom. The van der Waals surface area contributed by atoms with Crippen molar-refractivity contribution in [3.8, 4) is 11.1 Å². The summed E-state index contributed by atoms with van der Waals surface area (Å²) in [5.74, 6) is -0.586. The zero-order valence-electron chi connectivity index (χ0n) is 19.8. The number of aliphatic carboxylic acids is 1. The van der Waals surface area contributed by atoms with E-state index in [0.717, 1.165) is 32.1 Å². The van der Waals surface area contributed by atoms with Gasteiger partial charge >= 0.3 is 12.1 Å². The van der Waals surface area contributed by atoms with Crippen molar-refractivity contribution >= 4 is 18.0 Å². The molecule has 2 fully saturated rings. The molecular weight excluding hydrogens is 444 g/mol. The number of nitrogens with one attached hydrogen (secondary N) is 1. The average Bonchev–Trinajstić information content (AvgIpc) is 3.55. The summed E-state index contributed by atoms with van der Waals surface area (Å²) in [6, 6.07) is 16.3.